The first-order chi connectivity index (χ1) is 13.4. The highest BCUT2D eigenvalue weighted by Gasteiger charge is 2.13. The van der Waals surface area contributed by atoms with Crippen molar-refractivity contribution in [2.75, 3.05) is 0 Å². The van der Waals surface area contributed by atoms with Crippen LogP contribution in [0.1, 0.15) is 72.1 Å². The van der Waals surface area contributed by atoms with Gasteiger partial charge in [0.1, 0.15) is 23.0 Å². The van der Waals surface area contributed by atoms with E-state index in [-0.39, 0.29) is 45.7 Å². The fourth-order valence-corrected chi connectivity index (χ4v) is 3.04. The van der Waals surface area contributed by atoms with Crippen molar-refractivity contribution in [3.63, 3.8) is 0 Å². The maximum atomic E-state index is 12.1. The first kappa shape index (κ1) is 21.3. The monoisotopic (exact) mass is 386 g/mol. The van der Waals surface area contributed by atoms with Crippen LogP contribution in [0.25, 0.3) is 0 Å². The van der Waals surface area contributed by atoms with Crippen LogP contribution >= 0.6 is 0 Å². The zero-order valence-corrected chi connectivity index (χ0v) is 15.7. The SMILES string of the molecule is O=C(CCCCCCCCC(=O)c1cc(O)ccc1O)c1cc(O)ccc1O. The minimum absolute atomic E-state index is 0.0465. The van der Waals surface area contributed by atoms with Crippen LogP contribution in [0.3, 0.4) is 0 Å². The van der Waals surface area contributed by atoms with Gasteiger partial charge in [-0.25, -0.2) is 0 Å². The van der Waals surface area contributed by atoms with E-state index in [2.05, 4.69) is 0 Å². The number of phenols is 4. The third-order valence-electron chi connectivity index (χ3n) is 4.62. The summed E-state index contributed by atoms with van der Waals surface area (Å²) in [6, 6.07) is 7.83. The van der Waals surface area contributed by atoms with Gasteiger partial charge in [-0.15, -0.1) is 0 Å². The Balaban J connectivity index is 1.59. The first-order valence-corrected chi connectivity index (χ1v) is 9.49. The van der Waals surface area contributed by atoms with Crippen LogP contribution in [-0.4, -0.2) is 32.0 Å². The average molecular weight is 386 g/mol. The van der Waals surface area contributed by atoms with E-state index in [1.54, 1.807) is 0 Å². The van der Waals surface area contributed by atoms with Crippen LogP contribution in [0.4, 0.5) is 0 Å². The lowest BCUT2D eigenvalue weighted by Crippen LogP contribution is -2.00. The highest BCUT2D eigenvalue weighted by molar-refractivity contribution is 5.99. The molecule has 0 saturated heterocycles. The summed E-state index contributed by atoms with van der Waals surface area (Å²) in [4.78, 5) is 24.1. The summed E-state index contributed by atoms with van der Waals surface area (Å²) in [5.74, 6) is -0.713. The number of aromatic hydroxyl groups is 4. The van der Waals surface area contributed by atoms with Gasteiger partial charge in [0, 0.05) is 12.8 Å². The number of carbonyl (C=O) groups is 2. The average Bonchev–Trinajstić information content (AvgIpc) is 2.67. The molecular weight excluding hydrogens is 360 g/mol. The van der Waals surface area contributed by atoms with E-state index in [0.717, 1.165) is 25.7 Å². The number of ketones is 2. The predicted octanol–water partition coefficient (Wildman–Crippen LogP) is 4.70. The molecule has 0 saturated carbocycles. The third kappa shape index (κ3) is 6.30. The summed E-state index contributed by atoms with van der Waals surface area (Å²) < 4.78 is 0. The summed E-state index contributed by atoms with van der Waals surface area (Å²) >= 11 is 0. The Labute approximate surface area is 164 Å². The van der Waals surface area contributed by atoms with Gasteiger partial charge in [0.15, 0.2) is 11.6 Å². The number of benzene rings is 2. The second kappa shape index (κ2) is 10.3. The zero-order chi connectivity index (χ0) is 20.5. The lowest BCUT2D eigenvalue weighted by Gasteiger charge is -2.06. The van der Waals surface area contributed by atoms with Gasteiger partial charge < -0.3 is 20.4 Å². The molecule has 0 aliphatic heterocycles. The van der Waals surface area contributed by atoms with E-state index in [1.807, 2.05) is 0 Å². The fourth-order valence-electron chi connectivity index (χ4n) is 3.04. The molecule has 0 heterocycles. The molecule has 2 aromatic carbocycles. The predicted molar refractivity (Wildman–Crippen MR) is 105 cm³/mol. The summed E-state index contributed by atoms with van der Waals surface area (Å²) in [5, 5.41) is 38.2. The second-order valence-electron chi connectivity index (χ2n) is 6.87. The summed E-state index contributed by atoms with van der Waals surface area (Å²) in [5.41, 5.74) is 0.294. The van der Waals surface area contributed by atoms with Crippen molar-refractivity contribution < 1.29 is 30.0 Å². The second-order valence-corrected chi connectivity index (χ2v) is 6.87. The molecule has 0 aromatic heterocycles. The number of rotatable bonds is 11. The molecule has 0 fully saturated rings. The molecule has 6 nitrogen and oxygen atoms in total. The Morgan fingerprint density at radius 3 is 1.32 bits per heavy atom. The first-order valence-electron chi connectivity index (χ1n) is 9.49. The van der Waals surface area contributed by atoms with Crippen molar-refractivity contribution in [2.45, 2.75) is 51.4 Å². The molecule has 0 aliphatic carbocycles. The van der Waals surface area contributed by atoms with E-state index in [9.17, 15) is 30.0 Å². The van der Waals surface area contributed by atoms with Crippen molar-refractivity contribution in [3.05, 3.63) is 47.5 Å². The van der Waals surface area contributed by atoms with Crippen LogP contribution in [-0.2, 0) is 0 Å². The van der Waals surface area contributed by atoms with E-state index >= 15 is 0 Å². The molecule has 4 N–H and O–H groups in total. The van der Waals surface area contributed by atoms with Gasteiger partial charge in [-0.2, -0.15) is 0 Å². The molecule has 0 aliphatic rings. The Hall–Kier alpha value is -3.02. The number of carbonyl (C=O) groups excluding carboxylic acids is 2. The maximum absolute atomic E-state index is 12.1. The molecule has 0 bridgehead atoms. The largest absolute Gasteiger partial charge is 0.508 e. The van der Waals surface area contributed by atoms with Crippen molar-refractivity contribution in [1.29, 1.82) is 0 Å². The smallest absolute Gasteiger partial charge is 0.166 e. The molecule has 0 amide bonds. The van der Waals surface area contributed by atoms with E-state index in [0.29, 0.717) is 25.7 Å². The molecule has 28 heavy (non-hydrogen) atoms. The maximum Gasteiger partial charge on any atom is 0.166 e. The van der Waals surface area contributed by atoms with Crippen molar-refractivity contribution in [2.24, 2.45) is 0 Å². The number of Topliss-reactive ketones (excluding diaryl/α,β-unsaturated/α-hetero) is 2. The standard InChI is InChI=1S/C22H26O6/c23-15-9-11-21(27)17(13-15)19(25)7-5-3-1-2-4-6-8-20(26)18-14-16(24)10-12-22(18)28/h9-14,23-24,27-28H,1-8H2. The van der Waals surface area contributed by atoms with Gasteiger partial charge in [-0.1, -0.05) is 25.7 Å². The van der Waals surface area contributed by atoms with Gasteiger partial charge in [0.05, 0.1) is 11.1 Å². The molecular formula is C22H26O6. The molecule has 0 atom stereocenters. The van der Waals surface area contributed by atoms with Crippen LogP contribution in [0.5, 0.6) is 23.0 Å². The topological polar surface area (TPSA) is 115 Å². The summed E-state index contributed by atoms with van der Waals surface area (Å²) in [6.07, 6.45) is 5.63. The minimum atomic E-state index is -0.190. The van der Waals surface area contributed by atoms with Gasteiger partial charge in [-0.3, -0.25) is 9.59 Å². The lowest BCUT2D eigenvalue weighted by atomic mass is 10.0. The summed E-state index contributed by atoms with van der Waals surface area (Å²) in [6.45, 7) is 0. The summed E-state index contributed by atoms with van der Waals surface area (Å²) in [7, 11) is 0. The molecule has 0 radical (unpaired) electrons. The van der Waals surface area contributed by atoms with Crippen molar-refractivity contribution in [3.8, 4) is 23.0 Å². The van der Waals surface area contributed by atoms with E-state index < -0.39 is 0 Å². The highest BCUT2D eigenvalue weighted by atomic mass is 16.3. The Morgan fingerprint density at radius 2 is 0.929 bits per heavy atom. The molecule has 2 aromatic rings. The van der Waals surface area contributed by atoms with Crippen LogP contribution in [0.2, 0.25) is 0 Å². The minimum Gasteiger partial charge on any atom is -0.508 e. The third-order valence-corrected chi connectivity index (χ3v) is 4.62. The lowest BCUT2D eigenvalue weighted by molar-refractivity contribution is 0.0966. The number of unbranched alkanes of at least 4 members (excludes halogenated alkanes) is 5. The molecule has 0 unspecified atom stereocenters. The number of phenolic OH excluding ortho intramolecular Hbond substituents is 4. The van der Waals surface area contributed by atoms with Gasteiger partial charge in [-0.05, 0) is 49.2 Å². The van der Waals surface area contributed by atoms with Gasteiger partial charge >= 0.3 is 0 Å². The molecule has 150 valence electrons. The van der Waals surface area contributed by atoms with Crippen LogP contribution in [0, 0.1) is 0 Å². The van der Waals surface area contributed by atoms with Gasteiger partial charge in [0.25, 0.3) is 0 Å². The Bertz CT molecular complexity index is 758. The fraction of sp³-hybridized carbons (Fsp3) is 0.364. The van der Waals surface area contributed by atoms with Crippen molar-refractivity contribution >= 4 is 11.6 Å². The van der Waals surface area contributed by atoms with Gasteiger partial charge in [0.2, 0.25) is 0 Å². The Kier molecular flexibility index (Phi) is 7.87. The molecule has 2 rings (SSSR count). The normalized spacial score (nSPS) is 10.7. The molecule has 0 spiro atoms. The highest BCUT2D eigenvalue weighted by Crippen LogP contribution is 2.25. The van der Waals surface area contributed by atoms with E-state index in [1.165, 1.54) is 36.4 Å². The van der Waals surface area contributed by atoms with Crippen LogP contribution in [0.15, 0.2) is 36.4 Å². The molecule has 6 heteroatoms. The zero-order valence-electron chi connectivity index (χ0n) is 15.7. The van der Waals surface area contributed by atoms with Crippen molar-refractivity contribution in [1.82, 2.24) is 0 Å². The van der Waals surface area contributed by atoms with E-state index in [4.69, 9.17) is 0 Å². The van der Waals surface area contributed by atoms with Crippen LogP contribution < -0.4 is 0 Å². The quantitative estimate of drug-likeness (QED) is 0.253. The Morgan fingerprint density at radius 1 is 0.571 bits per heavy atom. The number of hydrogen-bond donors (Lipinski definition) is 4. The number of hydrogen-bond acceptors (Lipinski definition) is 6.